The van der Waals surface area contributed by atoms with Crippen LogP contribution in [0.1, 0.15) is 48.2 Å². The summed E-state index contributed by atoms with van der Waals surface area (Å²) in [4.78, 5) is 27.7. The first-order valence-corrected chi connectivity index (χ1v) is 10.7. The van der Waals surface area contributed by atoms with Crippen LogP contribution in [0.15, 0.2) is 69.9 Å². The molecule has 1 unspecified atom stereocenters. The molecule has 5 rings (SSSR count). The molecule has 5 nitrogen and oxygen atoms in total. The van der Waals surface area contributed by atoms with Crippen LogP contribution < -0.4 is 5.43 Å². The standard InChI is InChI=1S/C25H25NO4/c27-21-16-23(30-22-13-7-4-10-18(21)22)24(28)26-15-14-25(29,17-8-2-1-3-9-17)19-11-5-6-12-20(19)26/h1-4,7-10,13,16,19-20,29H,5-6,11-12,14-15H2/t19-,20+,25?/m1/s1. The summed E-state index contributed by atoms with van der Waals surface area (Å²) >= 11 is 0. The monoisotopic (exact) mass is 403 g/mol. The molecule has 30 heavy (non-hydrogen) atoms. The number of benzene rings is 2. The van der Waals surface area contributed by atoms with Gasteiger partial charge in [-0.25, -0.2) is 0 Å². The van der Waals surface area contributed by atoms with Crippen molar-refractivity contribution in [2.45, 2.75) is 43.7 Å². The van der Waals surface area contributed by atoms with Crippen molar-refractivity contribution in [1.29, 1.82) is 0 Å². The van der Waals surface area contributed by atoms with Crippen molar-refractivity contribution in [1.82, 2.24) is 4.90 Å². The van der Waals surface area contributed by atoms with Crippen molar-refractivity contribution in [3.05, 3.63) is 82.2 Å². The molecule has 1 aliphatic carbocycles. The Hall–Kier alpha value is -2.92. The summed E-state index contributed by atoms with van der Waals surface area (Å²) < 4.78 is 5.82. The maximum absolute atomic E-state index is 13.4. The number of aliphatic hydroxyl groups is 1. The summed E-state index contributed by atoms with van der Waals surface area (Å²) in [6.07, 6.45) is 4.27. The van der Waals surface area contributed by atoms with Crippen LogP contribution in [0.3, 0.4) is 0 Å². The second kappa shape index (κ2) is 7.40. The fourth-order valence-corrected chi connectivity index (χ4v) is 5.37. The molecule has 3 atom stereocenters. The molecule has 1 aliphatic heterocycles. The van der Waals surface area contributed by atoms with Crippen LogP contribution >= 0.6 is 0 Å². The van der Waals surface area contributed by atoms with E-state index in [1.54, 1.807) is 24.3 Å². The highest BCUT2D eigenvalue weighted by molar-refractivity contribution is 5.93. The van der Waals surface area contributed by atoms with E-state index in [2.05, 4.69) is 0 Å². The summed E-state index contributed by atoms with van der Waals surface area (Å²) in [5.41, 5.74) is 0.198. The summed E-state index contributed by atoms with van der Waals surface area (Å²) in [7, 11) is 0. The second-order valence-corrected chi connectivity index (χ2v) is 8.47. The third-order valence-electron chi connectivity index (χ3n) is 6.86. The molecule has 1 N–H and O–H groups in total. The molecule has 1 saturated carbocycles. The van der Waals surface area contributed by atoms with Gasteiger partial charge in [-0.3, -0.25) is 9.59 Å². The maximum atomic E-state index is 13.4. The van der Waals surface area contributed by atoms with E-state index < -0.39 is 5.60 Å². The lowest BCUT2D eigenvalue weighted by molar-refractivity contribution is -0.110. The third-order valence-corrected chi connectivity index (χ3v) is 6.86. The van der Waals surface area contributed by atoms with Crippen molar-refractivity contribution >= 4 is 16.9 Å². The number of fused-ring (bicyclic) bond motifs is 2. The quantitative estimate of drug-likeness (QED) is 0.700. The maximum Gasteiger partial charge on any atom is 0.289 e. The Kier molecular flexibility index (Phi) is 4.70. The van der Waals surface area contributed by atoms with E-state index in [-0.39, 0.29) is 29.1 Å². The molecule has 2 aromatic carbocycles. The van der Waals surface area contributed by atoms with Crippen LogP contribution in [0.25, 0.3) is 11.0 Å². The van der Waals surface area contributed by atoms with Gasteiger partial charge >= 0.3 is 0 Å². The Morgan fingerprint density at radius 2 is 1.77 bits per heavy atom. The van der Waals surface area contributed by atoms with Crippen molar-refractivity contribution < 1.29 is 14.3 Å². The zero-order valence-electron chi connectivity index (χ0n) is 16.8. The molecule has 2 aliphatic rings. The highest BCUT2D eigenvalue weighted by atomic mass is 16.3. The highest BCUT2D eigenvalue weighted by Crippen LogP contribution is 2.47. The average molecular weight is 403 g/mol. The molecule has 2 fully saturated rings. The van der Waals surface area contributed by atoms with Crippen LogP contribution in [0.2, 0.25) is 0 Å². The summed E-state index contributed by atoms with van der Waals surface area (Å²) in [6.45, 7) is 0.432. The molecule has 0 spiro atoms. The summed E-state index contributed by atoms with van der Waals surface area (Å²) in [6, 6.07) is 18.0. The van der Waals surface area contributed by atoms with E-state index in [4.69, 9.17) is 4.42 Å². The molecule has 1 saturated heterocycles. The van der Waals surface area contributed by atoms with Crippen LogP contribution in [0.5, 0.6) is 0 Å². The van der Waals surface area contributed by atoms with E-state index >= 15 is 0 Å². The number of piperidine rings is 1. The van der Waals surface area contributed by atoms with Crippen molar-refractivity contribution in [2.24, 2.45) is 5.92 Å². The Morgan fingerprint density at radius 1 is 1.03 bits per heavy atom. The summed E-state index contributed by atoms with van der Waals surface area (Å²) in [5.74, 6) is -0.212. The minimum absolute atomic E-state index is 0.0291. The number of likely N-dealkylation sites (tertiary alicyclic amines) is 1. The zero-order chi connectivity index (χ0) is 20.7. The van der Waals surface area contributed by atoms with Gasteiger partial charge in [-0.15, -0.1) is 0 Å². The van der Waals surface area contributed by atoms with E-state index in [9.17, 15) is 14.7 Å². The molecule has 0 bridgehead atoms. The van der Waals surface area contributed by atoms with E-state index in [0.29, 0.717) is 23.9 Å². The van der Waals surface area contributed by atoms with E-state index in [1.807, 2.05) is 35.2 Å². The number of nitrogens with zero attached hydrogens (tertiary/aromatic N) is 1. The minimum Gasteiger partial charge on any atom is -0.451 e. The largest absolute Gasteiger partial charge is 0.451 e. The first-order valence-electron chi connectivity index (χ1n) is 10.7. The lowest BCUT2D eigenvalue weighted by Gasteiger charge is -2.52. The predicted molar refractivity (Wildman–Crippen MR) is 114 cm³/mol. The minimum atomic E-state index is -0.937. The van der Waals surface area contributed by atoms with Gasteiger partial charge in [0.2, 0.25) is 0 Å². The normalized spacial score (nSPS) is 26.4. The second-order valence-electron chi connectivity index (χ2n) is 8.47. The Balaban J connectivity index is 1.50. The number of rotatable bonds is 2. The fourth-order valence-electron chi connectivity index (χ4n) is 5.37. The molecule has 3 aromatic rings. The van der Waals surface area contributed by atoms with Gasteiger partial charge in [0.25, 0.3) is 5.91 Å². The Morgan fingerprint density at radius 3 is 2.60 bits per heavy atom. The third kappa shape index (κ3) is 3.05. The number of para-hydroxylation sites is 1. The van der Waals surface area contributed by atoms with Crippen LogP contribution in [-0.4, -0.2) is 28.5 Å². The highest BCUT2D eigenvalue weighted by Gasteiger charge is 2.50. The van der Waals surface area contributed by atoms with Gasteiger partial charge in [-0.2, -0.15) is 0 Å². The van der Waals surface area contributed by atoms with Gasteiger partial charge in [0, 0.05) is 24.6 Å². The lowest BCUT2D eigenvalue weighted by Crippen LogP contribution is -2.59. The van der Waals surface area contributed by atoms with Gasteiger partial charge in [-0.05, 0) is 37.0 Å². The zero-order valence-corrected chi connectivity index (χ0v) is 16.8. The van der Waals surface area contributed by atoms with E-state index in [0.717, 1.165) is 31.2 Å². The first-order chi connectivity index (χ1) is 14.6. The van der Waals surface area contributed by atoms with Crippen LogP contribution in [-0.2, 0) is 5.60 Å². The average Bonchev–Trinajstić information content (AvgIpc) is 2.80. The number of amides is 1. The fraction of sp³-hybridized carbons (Fsp3) is 0.360. The SMILES string of the molecule is O=C(c1cc(=O)c2ccccc2o1)N1CCC(O)(c2ccccc2)[C@@H]2CCCC[C@@H]21. The van der Waals surface area contributed by atoms with Crippen molar-refractivity contribution in [3.63, 3.8) is 0 Å². The number of carbonyl (C=O) groups excluding carboxylic acids is 1. The van der Waals surface area contributed by atoms with Gasteiger partial charge < -0.3 is 14.4 Å². The molecule has 1 aromatic heterocycles. The van der Waals surface area contributed by atoms with Gasteiger partial charge in [0.1, 0.15) is 5.58 Å². The Labute approximate surface area is 174 Å². The molecule has 2 heterocycles. The number of hydrogen-bond acceptors (Lipinski definition) is 4. The lowest BCUT2D eigenvalue weighted by atomic mass is 9.66. The van der Waals surface area contributed by atoms with Crippen molar-refractivity contribution in [2.75, 3.05) is 6.54 Å². The molecular weight excluding hydrogens is 378 g/mol. The van der Waals surface area contributed by atoms with Crippen LogP contribution in [0, 0.1) is 5.92 Å². The van der Waals surface area contributed by atoms with Gasteiger partial charge in [0.05, 0.1) is 11.0 Å². The number of carbonyl (C=O) groups is 1. The number of hydrogen-bond donors (Lipinski definition) is 1. The molecule has 5 heteroatoms. The molecule has 154 valence electrons. The first kappa shape index (κ1) is 19.1. The van der Waals surface area contributed by atoms with Gasteiger partial charge in [-0.1, -0.05) is 55.3 Å². The van der Waals surface area contributed by atoms with E-state index in [1.165, 1.54) is 6.07 Å². The Bertz CT molecular complexity index is 1140. The molecule has 0 radical (unpaired) electrons. The van der Waals surface area contributed by atoms with Crippen LogP contribution in [0.4, 0.5) is 0 Å². The molecular formula is C25H25NO4. The van der Waals surface area contributed by atoms with Gasteiger partial charge in [0.15, 0.2) is 11.2 Å². The summed E-state index contributed by atoms with van der Waals surface area (Å²) in [5, 5.41) is 12.2. The smallest absolute Gasteiger partial charge is 0.289 e. The molecule has 1 amide bonds. The predicted octanol–water partition coefficient (Wildman–Crippen LogP) is 4.09. The van der Waals surface area contributed by atoms with Crippen molar-refractivity contribution in [3.8, 4) is 0 Å². The topological polar surface area (TPSA) is 70.8 Å².